The normalized spacial score (nSPS) is 14.9. The number of phosphoric ester groups is 2. The van der Waals surface area contributed by atoms with Gasteiger partial charge in [-0.1, -0.05) is 276 Å². The minimum absolute atomic E-state index is 0.0767. The molecule has 99 heavy (non-hydrogen) atoms. The van der Waals surface area contributed by atoms with Crippen LogP contribution in [0.1, 0.15) is 290 Å². The molecule has 0 aliphatic rings. The molecular weight excluding hydrogens is 1290 g/mol. The summed E-state index contributed by atoms with van der Waals surface area (Å²) in [4.78, 5) is 58.6. The van der Waals surface area contributed by atoms with Crippen molar-refractivity contribution in [1.82, 2.24) is 0 Å². The highest BCUT2D eigenvalue weighted by Gasteiger charge is 2.29. The molecule has 0 aliphatic carbocycles. The molecule has 0 saturated heterocycles. The van der Waals surface area contributed by atoms with Crippen LogP contribution in [0.2, 0.25) is 0 Å². The lowest BCUT2D eigenvalue weighted by Gasteiger charge is -2.21. The summed E-state index contributed by atoms with van der Waals surface area (Å²) >= 11 is 0. The van der Waals surface area contributed by atoms with E-state index in [1.165, 1.54) is 70.6 Å². The lowest BCUT2D eigenvalue weighted by atomic mass is 10.0. The van der Waals surface area contributed by atoms with Gasteiger partial charge in [-0.15, -0.1) is 0 Å². The first-order valence-corrected chi connectivity index (χ1v) is 41.1. The zero-order chi connectivity index (χ0) is 72.3. The predicted octanol–water partition coefficient (Wildman–Crippen LogP) is 22.1. The van der Waals surface area contributed by atoms with Crippen LogP contribution in [-0.2, 0) is 55.8 Å². The Balaban J connectivity index is 4.60. The van der Waals surface area contributed by atoms with Gasteiger partial charge in [-0.2, -0.15) is 0 Å². The number of esters is 3. The summed E-state index contributed by atoms with van der Waals surface area (Å²) in [5, 5.41) is 20.6. The van der Waals surface area contributed by atoms with Gasteiger partial charge in [-0.05, 0) is 141 Å². The van der Waals surface area contributed by atoms with Crippen molar-refractivity contribution in [2.75, 3.05) is 39.6 Å². The van der Waals surface area contributed by atoms with Crippen molar-refractivity contribution in [1.29, 1.82) is 0 Å². The Morgan fingerprint density at radius 1 is 0.293 bits per heavy atom. The highest BCUT2D eigenvalue weighted by molar-refractivity contribution is 7.47. The SMILES string of the molecule is CC/C=C\C/C=C\C/C=C\C/C=C\C/C=C\CCCCCCCCCCCCCC(=O)OCC(O)COP(=O)(O)OCC(O)COP(=O)(O)OCC(COC(=O)CCCCCCC/C=C\C/C=C\C/C=C\C/C=C\CCCCC)OC(=O)CCCCCCC/C=C\C/C=C\C/C=C\CC. The van der Waals surface area contributed by atoms with Crippen LogP contribution in [0, 0.1) is 0 Å². The summed E-state index contributed by atoms with van der Waals surface area (Å²) in [6.45, 7) is 2.37. The Labute approximate surface area is 600 Å². The maximum absolute atomic E-state index is 12.9. The van der Waals surface area contributed by atoms with E-state index in [4.69, 9.17) is 32.3 Å². The van der Waals surface area contributed by atoms with Crippen LogP contribution >= 0.6 is 15.6 Å². The highest BCUT2D eigenvalue weighted by atomic mass is 31.2. The van der Waals surface area contributed by atoms with Crippen molar-refractivity contribution in [3.8, 4) is 0 Å². The van der Waals surface area contributed by atoms with E-state index in [9.17, 15) is 43.5 Å². The molecule has 5 atom stereocenters. The molecule has 0 aliphatic heterocycles. The summed E-state index contributed by atoms with van der Waals surface area (Å²) in [7, 11) is -9.80. The first-order chi connectivity index (χ1) is 48.2. The monoisotopic (exact) mass is 1430 g/mol. The summed E-state index contributed by atoms with van der Waals surface area (Å²) in [6.07, 6.45) is 88.9. The maximum atomic E-state index is 12.9. The van der Waals surface area contributed by atoms with Crippen LogP contribution in [0.4, 0.5) is 0 Å². The van der Waals surface area contributed by atoms with E-state index >= 15 is 0 Å². The summed E-state index contributed by atoms with van der Waals surface area (Å²) < 4.78 is 61.1. The van der Waals surface area contributed by atoms with Gasteiger partial charge in [0.15, 0.2) is 6.10 Å². The van der Waals surface area contributed by atoms with E-state index in [-0.39, 0.29) is 19.3 Å². The predicted molar refractivity (Wildman–Crippen MR) is 408 cm³/mol. The van der Waals surface area contributed by atoms with Crippen LogP contribution < -0.4 is 0 Å². The van der Waals surface area contributed by atoms with Crippen LogP contribution in [0.25, 0.3) is 0 Å². The van der Waals surface area contributed by atoms with Gasteiger partial charge < -0.3 is 34.2 Å². The standard InChI is InChI=1S/C81H136O16P2/c1-4-7-10-13-16-19-22-25-28-30-32-34-35-36-37-38-39-41-43-44-47-49-52-55-58-61-64-67-79(84)91-70-76(82)71-93-98(87,88)94-72-77(83)73-95-99(89,90)96-75-78(97-81(86)69-66-63-60-57-54-51-46-27-24-21-18-15-12-9-6-3)74-92-80(85)68-65-62-59-56-53-50-48-45-42-40-33-31-29-26-23-20-17-14-11-8-5-2/h7,9-10,12,16-21,25-29,32-34,36-37,40,45-46,48,76-78,82-83H,4-6,8,11,13-15,22-24,30-31,35,38-39,41-44,47,49-75H2,1-3H3,(H,87,88)(H,89,90)/b10-7-,12-9-,19-16-,20-17-,21-18-,28-25-,29-26-,34-32-,37-36-,40-33-,46-27-,48-45-. The number of carbonyl (C=O) groups excluding carboxylic acids is 3. The maximum Gasteiger partial charge on any atom is 0.472 e. The van der Waals surface area contributed by atoms with Gasteiger partial charge in [0.1, 0.15) is 25.4 Å². The van der Waals surface area contributed by atoms with E-state index in [0.29, 0.717) is 19.3 Å². The average Bonchev–Trinajstić information content (AvgIpc) is 1.44. The van der Waals surface area contributed by atoms with Crippen molar-refractivity contribution in [3.63, 3.8) is 0 Å². The molecule has 4 N–H and O–H groups in total. The molecule has 0 heterocycles. The van der Waals surface area contributed by atoms with Crippen LogP contribution in [-0.4, -0.2) is 95.9 Å². The average molecular weight is 1430 g/mol. The molecule has 566 valence electrons. The van der Waals surface area contributed by atoms with Gasteiger partial charge in [-0.25, -0.2) is 9.13 Å². The Hall–Kier alpha value is -4.57. The largest absolute Gasteiger partial charge is 0.472 e. The van der Waals surface area contributed by atoms with Crippen LogP contribution in [0.5, 0.6) is 0 Å². The molecule has 16 nitrogen and oxygen atoms in total. The molecule has 0 spiro atoms. The molecule has 0 aromatic heterocycles. The van der Waals surface area contributed by atoms with Gasteiger partial charge in [0, 0.05) is 19.3 Å². The summed E-state index contributed by atoms with van der Waals surface area (Å²) in [5.41, 5.74) is 0. The highest BCUT2D eigenvalue weighted by Crippen LogP contribution is 2.45. The Kier molecular flexibility index (Phi) is 69.8. The second-order valence-corrected chi connectivity index (χ2v) is 27.9. The van der Waals surface area contributed by atoms with E-state index in [1.807, 2.05) is 0 Å². The van der Waals surface area contributed by atoms with Crippen molar-refractivity contribution in [2.45, 2.75) is 309 Å². The van der Waals surface area contributed by atoms with Gasteiger partial charge >= 0.3 is 33.6 Å². The third-order valence-electron chi connectivity index (χ3n) is 15.5. The third-order valence-corrected chi connectivity index (χ3v) is 17.4. The molecule has 0 bridgehead atoms. The molecule has 0 rings (SSSR count). The Bertz CT molecular complexity index is 2380. The van der Waals surface area contributed by atoms with Crippen molar-refractivity contribution >= 4 is 33.6 Å². The van der Waals surface area contributed by atoms with Gasteiger partial charge in [0.05, 0.1) is 26.4 Å². The number of hydrogen-bond acceptors (Lipinski definition) is 14. The summed E-state index contributed by atoms with van der Waals surface area (Å²) in [6, 6.07) is 0. The molecule has 0 aromatic rings. The van der Waals surface area contributed by atoms with Crippen LogP contribution in [0.3, 0.4) is 0 Å². The Morgan fingerprint density at radius 3 is 0.848 bits per heavy atom. The number of hydrogen-bond donors (Lipinski definition) is 4. The minimum Gasteiger partial charge on any atom is -0.463 e. The van der Waals surface area contributed by atoms with Gasteiger partial charge in [0.25, 0.3) is 0 Å². The fourth-order valence-electron chi connectivity index (χ4n) is 9.77. The molecule has 0 saturated carbocycles. The quantitative estimate of drug-likeness (QED) is 0.0146. The number of ether oxygens (including phenoxy) is 3. The molecule has 0 fully saturated rings. The molecule has 18 heteroatoms. The zero-order valence-corrected chi connectivity index (χ0v) is 63.4. The fourth-order valence-corrected chi connectivity index (χ4v) is 11.4. The summed E-state index contributed by atoms with van der Waals surface area (Å²) in [5.74, 6) is -1.62. The van der Waals surface area contributed by atoms with Crippen molar-refractivity contribution in [3.05, 3.63) is 146 Å². The zero-order valence-electron chi connectivity index (χ0n) is 61.6. The van der Waals surface area contributed by atoms with Crippen molar-refractivity contribution in [2.24, 2.45) is 0 Å². The van der Waals surface area contributed by atoms with Gasteiger partial charge in [0.2, 0.25) is 0 Å². The van der Waals surface area contributed by atoms with E-state index < -0.39 is 91.5 Å². The number of aliphatic hydroxyl groups is 2. The molecule has 0 amide bonds. The number of allylic oxidation sites excluding steroid dienone is 24. The molecule has 5 unspecified atom stereocenters. The lowest BCUT2D eigenvalue weighted by molar-refractivity contribution is -0.161. The van der Waals surface area contributed by atoms with Crippen LogP contribution in [0.15, 0.2) is 146 Å². The third kappa shape index (κ3) is 74.4. The second-order valence-electron chi connectivity index (χ2n) is 25.0. The van der Waals surface area contributed by atoms with E-state index in [0.717, 1.165) is 161 Å². The number of aliphatic hydroxyl groups excluding tert-OH is 2. The fraction of sp³-hybridized carbons (Fsp3) is 0.667. The lowest BCUT2D eigenvalue weighted by Crippen LogP contribution is -2.30. The second kappa shape index (κ2) is 73.2. The van der Waals surface area contributed by atoms with Crippen molar-refractivity contribution < 1.29 is 75.8 Å². The number of phosphoric acid groups is 2. The smallest absolute Gasteiger partial charge is 0.463 e. The Morgan fingerprint density at radius 2 is 0.535 bits per heavy atom. The van der Waals surface area contributed by atoms with E-state index in [2.05, 4.69) is 167 Å². The number of carbonyl (C=O) groups is 3. The molecular formula is C81H136O16P2. The first-order valence-electron chi connectivity index (χ1n) is 38.1. The molecule has 0 radical (unpaired) electrons. The molecule has 0 aromatic carbocycles. The minimum atomic E-state index is -4.94. The first kappa shape index (κ1) is 94.4. The number of unbranched alkanes of at least 4 members (excludes halogenated alkanes) is 24. The van der Waals surface area contributed by atoms with Gasteiger partial charge in [-0.3, -0.25) is 32.5 Å². The number of rotatable bonds is 71. The van der Waals surface area contributed by atoms with E-state index in [1.54, 1.807) is 0 Å². The topological polar surface area (TPSA) is 231 Å².